The summed E-state index contributed by atoms with van der Waals surface area (Å²) in [5.74, 6) is 2.29. The predicted octanol–water partition coefficient (Wildman–Crippen LogP) is 5.51. The van der Waals surface area contributed by atoms with Gasteiger partial charge in [-0.05, 0) is 18.9 Å². The van der Waals surface area contributed by atoms with Crippen LogP contribution in [0.5, 0.6) is 0 Å². The molecule has 0 bridgehead atoms. The summed E-state index contributed by atoms with van der Waals surface area (Å²) in [4.78, 5) is 9.60. The normalized spacial score (nSPS) is 15.5. The van der Waals surface area contributed by atoms with Crippen molar-refractivity contribution < 1.29 is 4.74 Å². The van der Waals surface area contributed by atoms with E-state index in [-0.39, 0.29) is 0 Å². The van der Waals surface area contributed by atoms with Crippen molar-refractivity contribution in [1.29, 1.82) is 0 Å². The van der Waals surface area contributed by atoms with Gasteiger partial charge in [0, 0.05) is 50.3 Å². The van der Waals surface area contributed by atoms with Gasteiger partial charge in [-0.1, -0.05) is 67.3 Å². The maximum absolute atomic E-state index is 5.61. The zero-order valence-corrected chi connectivity index (χ0v) is 20.8. The number of likely N-dealkylation sites (N-methyl/N-ethyl adjacent to an activating group) is 1. The molecule has 182 valence electrons. The molecule has 6 nitrogen and oxygen atoms in total. The lowest BCUT2D eigenvalue weighted by atomic mass is 9.95. The first-order chi connectivity index (χ1) is 17.1. The topological polar surface area (TPSA) is 45.9 Å². The number of hydrogen-bond acceptors (Lipinski definition) is 5. The van der Waals surface area contributed by atoms with Gasteiger partial charge in [0.15, 0.2) is 5.65 Å². The van der Waals surface area contributed by atoms with Crippen molar-refractivity contribution in [3.63, 3.8) is 0 Å². The molecule has 1 saturated heterocycles. The van der Waals surface area contributed by atoms with Crippen molar-refractivity contribution in [2.75, 3.05) is 49.7 Å². The smallest absolute Gasteiger partial charge is 0.160 e. The quantitative estimate of drug-likeness (QED) is 0.290. The van der Waals surface area contributed by atoms with Gasteiger partial charge in [0.1, 0.15) is 11.6 Å². The van der Waals surface area contributed by atoms with E-state index >= 15 is 0 Å². The Morgan fingerprint density at radius 3 is 2.63 bits per heavy atom. The third-order valence-corrected chi connectivity index (χ3v) is 6.28. The van der Waals surface area contributed by atoms with Gasteiger partial charge in [-0.25, -0.2) is 4.98 Å². The highest BCUT2D eigenvalue weighted by molar-refractivity contribution is 5.75. The average Bonchev–Trinajstić information content (AvgIpc) is 3.33. The number of fused-ring (bicyclic) bond motifs is 1. The third kappa shape index (κ3) is 5.72. The SMILES string of the molecule is C=C/C=C(\C=C/C)c1cc2nc(N(C)CC(CC=C)c3ccccc3)cc(N3CCOCC3)n2n1. The van der Waals surface area contributed by atoms with E-state index in [0.717, 1.165) is 54.6 Å². The van der Waals surface area contributed by atoms with Gasteiger partial charge in [0.05, 0.1) is 18.9 Å². The van der Waals surface area contributed by atoms with Crippen LogP contribution in [-0.2, 0) is 4.74 Å². The molecule has 0 saturated carbocycles. The Morgan fingerprint density at radius 2 is 1.94 bits per heavy atom. The number of benzene rings is 1. The molecule has 1 aromatic carbocycles. The second kappa shape index (κ2) is 11.7. The van der Waals surface area contributed by atoms with Gasteiger partial charge >= 0.3 is 0 Å². The maximum atomic E-state index is 5.61. The third-order valence-electron chi connectivity index (χ3n) is 6.28. The van der Waals surface area contributed by atoms with Crippen molar-refractivity contribution >= 4 is 22.9 Å². The van der Waals surface area contributed by atoms with Gasteiger partial charge in [-0.15, -0.1) is 6.58 Å². The number of aromatic nitrogens is 3. The van der Waals surface area contributed by atoms with E-state index in [1.807, 2.05) is 35.7 Å². The number of allylic oxidation sites excluding steroid dienone is 6. The lowest BCUT2D eigenvalue weighted by molar-refractivity contribution is 0.122. The molecule has 3 heterocycles. The highest BCUT2D eigenvalue weighted by Gasteiger charge is 2.21. The molecule has 2 aromatic heterocycles. The first-order valence-electron chi connectivity index (χ1n) is 12.2. The molecule has 1 aliphatic rings. The molecule has 1 aliphatic heterocycles. The average molecular weight is 470 g/mol. The monoisotopic (exact) mass is 469 g/mol. The van der Waals surface area contributed by atoms with E-state index in [0.29, 0.717) is 19.1 Å². The Balaban J connectivity index is 1.74. The second-order valence-corrected chi connectivity index (χ2v) is 8.74. The summed E-state index contributed by atoms with van der Waals surface area (Å²) in [6, 6.07) is 14.8. The molecule has 1 fully saturated rings. The van der Waals surface area contributed by atoms with Crippen molar-refractivity contribution in [3.8, 4) is 0 Å². The minimum absolute atomic E-state index is 0.334. The fraction of sp³-hybridized carbons (Fsp3) is 0.310. The van der Waals surface area contributed by atoms with Gasteiger partial charge in [-0.3, -0.25) is 0 Å². The molecule has 4 rings (SSSR count). The summed E-state index contributed by atoms with van der Waals surface area (Å²) >= 11 is 0. The first kappa shape index (κ1) is 24.5. The predicted molar refractivity (Wildman–Crippen MR) is 146 cm³/mol. The van der Waals surface area contributed by atoms with Gasteiger partial charge in [0.2, 0.25) is 0 Å². The lowest BCUT2D eigenvalue weighted by Gasteiger charge is -2.30. The summed E-state index contributed by atoms with van der Waals surface area (Å²) in [7, 11) is 2.11. The number of morpholine rings is 1. The number of hydrogen-bond donors (Lipinski definition) is 0. The molecule has 1 atom stereocenters. The summed E-state index contributed by atoms with van der Waals surface area (Å²) in [5.41, 5.74) is 4.01. The van der Waals surface area contributed by atoms with E-state index in [1.165, 1.54) is 5.56 Å². The van der Waals surface area contributed by atoms with E-state index < -0.39 is 0 Å². The fourth-order valence-electron chi connectivity index (χ4n) is 4.50. The van der Waals surface area contributed by atoms with Crippen LogP contribution < -0.4 is 9.80 Å². The van der Waals surface area contributed by atoms with Gasteiger partial charge in [-0.2, -0.15) is 9.61 Å². The van der Waals surface area contributed by atoms with Crippen LogP contribution in [0.25, 0.3) is 11.2 Å². The van der Waals surface area contributed by atoms with Gasteiger partial charge < -0.3 is 14.5 Å². The highest BCUT2D eigenvalue weighted by Crippen LogP contribution is 2.28. The van der Waals surface area contributed by atoms with E-state index in [1.54, 1.807) is 6.08 Å². The van der Waals surface area contributed by atoms with Gasteiger partial charge in [0.25, 0.3) is 0 Å². The summed E-state index contributed by atoms with van der Waals surface area (Å²) in [5, 5.41) is 4.94. The zero-order valence-electron chi connectivity index (χ0n) is 20.8. The van der Waals surface area contributed by atoms with Crippen molar-refractivity contribution in [2.45, 2.75) is 19.3 Å². The minimum Gasteiger partial charge on any atom is -0.378 e. The van der Waals surface area contributed by atoms with E-state index in [9.17, 15) is 0 Å². The summed E-state index contributed by atoms with van der Waals surface area (Å²) in [6.07, 6.45) is 10.7. The van der Waals surface area contributed by atoms with E-state index in [2.05, 4.69) is 72.5 Å². The van der Waals surface area contributed by atoms with Crippen LogP contribution in [0.15, 0.2) is 86.0 Å². The van der Waals surface area contributed by atoms with Crippen LogP contribution in [-0.4, -0.2) is 54.5 Å². The molecule has 0 aliphatic carbocycles. The number of rotatable bonds is 10. The number of anilines is 2. The summed E-state index contributed by atoms with van der Waals surface area (Å²) in [6.45, 7) is 13.8. The molecule has 6 heteroatoms. The standard InChI is InChI=1S/C29H35N5O/c1-5-11-24(12-6-2)26-20-28-30-27(21-29(34(28)31-26)33-16-18-35-19-17-33)32(4)22-25(13-7-3)23-14-9-8-10-15-23/h5-12,14-15,20-21,25H,1,3,13,16-19,22H2,2,4H3/b12-6-,24-11+. The molecule has 0 amide bonds. The Morgan fingerprint density at radius 1 is 1.17 bits per heavy atom. The zero-order chi connectivity index (χ0) is 24.6. The molecule has 35 heavy (non-hydrogen) atoms. The van der Waals surface area contributed by atoms with Crippen molar-refractivity contribution in [1.82, 2.24) is 14.6 Å². The maximum Gasteiger partial charge on any atom is 0.160 e. The fourth-order valence-corrected chi connectivity index (χ4v) is 4.50. The Kier molecular flexibility index (Phi) is 8.16. The highest BCUT2D eigenvalue weighted by atomic mass is 16.5. The molecular formula is C29H35N5O. The molecule has 1 unspecified atom stereocenters. The van der Waals surface area contributed by atoms with Crippen LogP contribution in [0.4, 0.5) is 11.6 Å². The van der Waals surface area contributed by atoms with Crippen LogP contribution >= 0.6 is 0 Å². The number of ether oxygens (including phenoxy) is 1. The second-order valence-electron chi connectivity index (χ2n) is 8.74. The molecule has 0 radical (unpaired) electrons. The van der Waals surface area contributed by atoms with Crippen LogP contribution in [0.3, 0.4) is 0 Å². The molecule has 0 N–H and O–H groups in total. The molecular weight excluding hydrogens is 434 g/mol. The Bertz CT molecular complexity index is 1200. The Labute approximate surface area is 208 Å². The Hall–Kier alpha value is -3.64. The van der Waals surface area contributed by atoms with Crippen molar-refractivity contribution in [2.24, 2.45) is 0 Å². The van der Waals surface area contributed by atoms with Crippen LogP contribution in [0.1, 0.15) is 30.5 Å². The number of nitrogens with zero attached hydrogens (tertiary/aromatic N) is 5. The lowest BCUT2D eigenvalue weighted by Crippen LogP contribution is -2.37. The largest absolute Gasteiger partial charge is 0.378 e. The summed E-state index contributed by atoms with van der Waals surface area (Å²) < 4.78 is 7.57. The van der Waals surface area contributed by atoms with Crippen LogP contribution in [0, 0.1) is 0 Å². The van der Waals surface area contributed by atoms with E-state index in [4.69, 9.17) is 14.8 Å². The minimum atomic E-state index is 0.334. The molecule has 0 spiro atoms. The van der Waals surface area contributed by atoms with Crippen molar-refractivity contribution in [3.05, 3.63) is 97.3 Å². The molecule has 3 aromatic rings. The van der Waals surface area contributed by atoms with Crippen LogP contribution in [0.2, 0.25) is 0 Å². The first-order valence-corrected chi connectivity index (χ1v) is 12.2.